The van der Waals surface area contributed by atoms with Crippen LogP contribution in [0, 0.1) is 5.92 Å². The number of hydrogen-bond acceptors (Lipinski definition) is 5. The lowest BCUT2D eigenvalue weighted by Crippen LogP contribution is -2.41. The van der Waals surface area contributed by atoms with Gasteiger partial charge in [0.1, 0.15) is 9.71 Å². The van der Waals surface area contributed by atoms with Crippen molar-refractivity contribution in [3.63, 3.8) is 0 Å². The van der Waals surface area contributed by atoms with Crippen molar-refractivity contribution in [1.29, 1.82) is 0 Å². The van der Waals surface area contributed by atoms with Gasteiger partial charge in [0.15, 0.2) is 0 Å². The maximum Gasteiger partial charge on any atom is 0.263 e. The molecule has 0 aromatic carbocycles. The van der Waals surface area contributed by atoms with E-state index >= 15 is 0 Å². The Balaban J connectivity index is 1.57. The normalized spacial score (nSPS) is 25.3. The summed E-state index contributed by atoms with van der Waals surface area (Å²) in [7, 11) is 0. The highest BCUT2D eigenvalue weighted by atomic mass is 32.1. The van der Waals surface area contributed by atoms with E-state index in [9.17, 15) is 4.79 Å². The number of rotatable bonds is 3. The molecular formula is C15H17N3O2S. The Hall–Kier alpha value is -1.66. The lowest BCUT2D eigenvalue weighted by atomic mass is 10.1. The van der Waals surface area contributed by atoms with Crippen LogP contribution < -0.4 is 11.1 Å². The average molecular weight is 303 g/mol. The molecule has 0 spiro atoms. The van der Waals surface area contributed by atoms with Gasteiger partial charge in [0.25, 0.3) is 5.91 Å². The van der Waals surface area contributed by atoms with Gasteiger partial charge in [-0.3, -0.25) is 4.79 Å². The summed E-state index contributed by atoms with van der Waals surface area (Å²) in [5.74, 6) is 0.524. The molecule has 1 amide bonds. The highest BCUT2D eigenvalue weighted by Gasteiger charge is 2.41. The summed E-state index contributed by atoms with van der Waals surface area (Å²) in [4.78, 5) is 18.1. The number of pyridine rings is 1. The van der Waals surface area contributed by atoms with Crippen molar-refractivity contribution in [3.05, 3.63) is 23.2 Å². The number of carbonyl (C=O) groups excluding carboxylic acids is 1. The molecular weight excluding hydrogens is 286 g/mol. The Morgan fingerprint density at radius 2 is 2.29 bits per heavy atom. The van der Waals surface area contributed by atoms with Crippen molar-refractivity contribution < 1.29 is 9.53 Å². The predicted octanol–water partition coefficient (Wildman–Crippen LogP) is 2.18. The van der Waals surface area contributed by atoms with Crippen LogP contribution >= 0.6 is 11.3 Å². The SMILES string of the molecule is Nc1c(C(=O)NC2CCOC2C2CC2)sc2ncccc12. The summed E-state index contributed by atoms with van der Waals surface area (Å²) in [6.45, 7) is 0.732. The molecule has 5 nitrogen and oxygen atoms in total. The van der Waals surface area contributed by atoms with E-state index in [0.717, 1.165) is 23.2 Å². The van der Waals surface area contributed by atoms with Gasteiger partial charge in [0, 0.05) is 18.2 Å². The van der Waals surface area contributed by atoms with Gasteiger partial charge >= 0.3 is 0 Å². The summed E-state index contributed by atoms with van der Waals surface area (Å²) < 4.78 is 5.76. The third kappa shape index (κ3) is 2.28. The van der Waals surface area contributed by atoms with Crippen LogP contribution in [0.2, 0.25) is 0 Å². The van der Waals surface area contributed by atoms with Crippen molar-refractivity contribution in [3.8, 4) is 0 Å². The zero-order chi connectivity index (χ0) is 14.4. The molecule has 2 unspecified atom stereocenters. The number of anilines is 1. The van der Waals surface area contributed by atoms with Crippen LogP contribution in [-0.2, 0) is 4.74 Å². The number of fused-ring (bicyclic) bond motifs is 1. The molecule has 1 aliphatic carbocycles. The molecule has 1 saturated carbocycles. The molecule has 2 aromatic rings. The zero-order valence-electron chi connectivity index (χ0n) is 11.5. The zero-order valence-corrected chi connectivity index (χ0v) is 12.4. The summed E-state index contributed by atoms with van der Waals surface area (Å²) in [6, 6.07) is 3.85. The first-order chi connectivity index (χ1) is 10.2. The highest BCUT2D eigenvalue weighted by Crippen LogP contribution is 2.39. The Labute approximate surface area is 126 Å². The number of nitrogens with zero attached hydrogens (tertiary/aromatic N) is 1. The van der Waals surface area contributed by atoms with Crippen molar-refractivity contribution >= 4 is 33.1 Å². The van der Waals surface area contributed by atoms with E-state index in [1.807, 2.05) is 12.1 Å². The fourth-order valence-corrected chi connectivity index (χ4v) is 3.98. The number of ether oxygens (including phenoxy) is 1. The van der Waals surface area contributed by atoms with Crippen molar-refractivity contribution in [2.24, 2.45) is 5.92 Å². The van der Waals surface area contributed by atoms with E-state index in [0.29, 0.717) is 16.5 Å². The van der Waals surface area contributed by atoms with Crippen LogP contribution in [0.25, 0.3) is 10.2 Å². The average Bonchev–Trinajstić information content (AvgIpc) is 3.15. The first kappa shape index (κ1) is 13.0. The Bertz CT molecular complexity index is 695. The first-order valence-corrected chi connectivity index (χ1v) is 8.11. The van der Waals surface area contributed by atoms with Crippen LogP contribution in [-0.4, -0.2) is 29.6 Å². The number of hydrogen-bond donors (Lipinski definition) is 2. The lowest BCUT2D eigenvalue weighted by Gasteiger charge is -2.19. The van der Waals surface area contributed by atoms with E-state index in [1.165, 1.54) is 24.2 Å². The Kier molecular flexibility index (Phi) is 3.08. The topological polar surface area (TPSA) is 77.2 Å². The molecule has 2 fully saturated rings. The van der Waals surface area contributed by atoms with E-state index < -0.39 is 0 Å². The third-order valence-corrected chi connectivity index (χ3v) is 5.38. The van der Waals surface area contributed by atoms with Gasteiger partial charge in [0.2, 0.25) is 0 Å². The Morgan fingerprint density at radius 1 is 1.43 bits per heavy atom. The number of aromatic nitrogens is 1. The van der Waals surface area contributed by atoms with E-state index in [2.05, 4.69) is 10.3 Å². The van der Waals surface area contributed by atoms with E-state index in [4.69, 9.17) is 10.5 Å². The maximum absolute atomic E-state index is 12.5. The molecule has 1 saturated heterocycles. The summed E-state index contributed by atoms with van der Waals surface area (Å²) >= 11 is 1.35. The fourth-order valence-electron chi connectivity index (χ4n) is 3.01. The summed E-state index contributed by atoms with van der Waals surface area (Å²) in [6.07, 6.45) is 5.21. The number of nitrogens with one attached hydrogen (secondary N) is 1. The number of thiophene rings is 1. The van der Waals surface area contributed by atoms with E-state index in [-0.39, 0.29) is 18.1 Å². The van der Waals surface area contributed by atoms with Gasteiger partial charge in [0.05, 0.1) is 17.8 Å². The molecule has 0 bridgehead atoms. The number of nitrogens with two attached hydrogens (primary N) is 1. The summed E-state index contributed by atoms with van der Waals surface area (Å²) in [5, 5.41) is 3.96. The van der Waals surface area contributed by atoms with Crippen LogP contribution in [0.1, 0.15) is 28.9 Å². The molecule has 0 radical (unpaired) electrons. The number of nitrogen functional groups attached to an aromatic ring is 1. The molecule has 3 heterocycles. The minimum atomic E-state index is -0.100. The second-order valence-corrected chi connectivity index (χ2v) is 6.74. The molecule has 4 rings (SSSR count). The van der Waals surface area contributed by atoms with Crippen LogP contribution in [0.4, 0.5) is 5.69 Å². The molecule has 6 heteroatoms. The van der Waals surface area contributed by atoms with Crippen LogP contribution in [0.3, 0.4) is 0 Å². The van der Waals surface area contributed by atoms with Gasteiger partial charge in [-0.05, 0) is 37.3 Å². The van der Waals surface area contributed by atoms with Crippen LogP contribution in [0.15, 0.2) is 18.3 Å². The second kappa shape index (κ2) is 4.96. The molecule has 2 aromatic heterocycles. The van der Waals surface area contributed by atoms with Gasteiger partial charge in [-0.2, -0.15) is 0 Å². The van der Waals surface area contributed by atoms with Gasteiger partial charge in [-0.1, -0.05) is 0 Å². The minimum Gasteiger partial charge on any atom is -0.397 e. The van der Waals surface area contributed by atoms with Gasteiger partial charge in [-0.25, -0.2) is 4.98 Å². The minimum absolute atomic E-state index is 0.100. The van der Waals surface area contributed by atoms with Crippen molar-refractivity contribution in [1.82, 2.24) is 10.3 Å². The Morgan fingerprint density at radius 3 is 3.05 bits per heavy atom. The molecule has 2 atom stereocenters. The standard InChI is InChI=1S/C15H17N3O2S/c16-11-9-2-1-6-17-15(9)21-13(11)14(19)18-10-5-7-20-12(10)8-3-4-8/h1-2,6,8,10,12H,3-5,7,16H2,(H,18,19). The first-order valence-electron chi connectivity index (χ1n) is 7.29. The maximum atomic E-state index is 12.5. The molecule has 2 aliphatic rings. The molecule has 21 heavy (non-hydrogen) atoms. The van der Waals surface area contributed by atoms with Gasteiger partial charge < -0.3 is 15.8 Å². The molecule has 1 aliphatic heterocycles. The molecule has 110 valence electrons. The monoisotopic (exact) mass is 303 g/mol. The number of carbonyl (C=O) groups is 1. The van der Waals surface area contributed by atoms with Crippen molar-refractivity contribution in [2.45, 2.75) is 31.4 Å². The van der Waals surface area contributed by atoms with E-state index in [1.54, 1.807) is 6.20 Å². The lowest BCUT2D eigenvalue weighted by molar-refractivity contribution is 0.0732. The quantitative estimate of drug-likeness (QED) is 0.911. The largest absolute Gasteiger partial charge is 0.397 e. The predicted molar refractivity (Wildman–Crippen MR) is 82.4 cm³/mol. The third-order valence-electron chi connectivity index (χ3n) is 4.25. The fraction of sp³-hybridized carbons (Fsp3) is 0.467. The highest BCUT2D eigenvalue weighted by molar-refractivity contribution is 7.21. The van der Waals surface area contributed by atoms with Crippen molar-refractivity contribution in [2.75, 3.05) is 12.3 Å². The van der Waals surface area contributed by atoms with Crippen LogP contribution in [0.5, 0.6) is 0 Å². The summed E-state index contributed by atoms with van der Waals surface area (Å²) in [5.41, 5.74) is 6.63. The van der Waals surface area contributed by atoms with Gasteiger partial charge in [-0.15, -0.1) is 11.3 Å². The smallest absolute Gasteiger partial charge is 0.263 e. The number of amides is 1. The molecule has 3 N–H and O–H groups in total. The second-order valence-electron chi connectivity index (χ2n) is 5.74.